The number of amides is 1. The van der Waals surface area contributed by atoms with E-state index in [1.165, 1.54) is 31.2 Å². The van der Waals surface area contributed by atoms with Crippen molar-refractivity contribution in [2.75, 3.05) is 25.0 Å². The van der Waals surface area contributed by atoms with E-state index in [0.717, 1.165) is 50.1 Å². The van der Waals surface area contributed by atoms with E-state index in [1.807, 2.05) is 17.0 Å². The maximum atomic E-state index is 12.5. The summed E-state index contributed by atoms with van der Waals surface area (Å²) in [4.78, 5) is 14.5. The summed E-state index contributed by atoms with van der Waals surface area (Å²) in [6.07, 6.45) is 8.73. The minimum Gasteiger partial charge on any atom is -0.384 e. The summed E-state index contributed by atoms with van der Waals surface area (Å²) in [7, 11) is 0. The Labute approximate surface area is 154 Å². The first kappa shape index (κ1) is 19.8. The predicted octanol–water partition coefficient (Wildman–Crippen LogP) is 5.60. The summed E-state index contributed by atoms with van der Waals surface area (Å²) < 4.78 is 0. The van der Waals surface area contributed by atoms with Crippen LogP contribution in [0.5, 0.6) is 0 Å². The van der Waals surface area contributed by atoms with Crippen molar-refractivity contribution >= 4 is 11.6 Å². The number of carbonyl (C=O) groups excluding carboxylic acids is 1. The summed E-state index contributed by atoms with van der Waals surface area (Å²) >= 11 is 0. The Morgan fingerprint density at radius 2 is 1.80 bits per heavy atom. The number of nitrogens with one attached hydrogen (secondary N) is 1. The van der Waals surface area contributed by atoms with E-state index in [2.05, 4.69) is 39.1 Å². The van der Waals surface area contributed by atoms with Gasteiger partial charge in [0.25, 0.3) is 5.91 Å². The Hall–Kier alpha value is -1.51. The molecule has 2 heterocycles. The van der Waals surface area contributed by atoms with E-state index in [9.17, 15) is 4.79 Å². The third-order valence-electron chi connectivity index (χ3n) is 5.72. The molecule has 2 aliphatic heterocycles. The Morgan fingerprint density at radius 1 is 1.12 bits per heavy atom. The number of hydrogen-bond donors (Lipinski definition) is 1. The molecule has 1 N–H and O–H groups in total. The van der Waals surface area contributed by atoms with Gasteiger partial charge < -0.3 is 10.2 Å². The Bertz CT molecular complexity index is 561. The number of piperidine rings is 1. The highest BCUT2D eigenvalue weighted by molar-refractivity contribution is 5.95. The van der Waals surface area contributed by atoms with Gasteiger partial charge in [0, 0.05) is 36.3 Å². The normalized spacial score (nSPS) is 21.8. The lowest BCUT2D eigenvalue weighted by Crippen LogP contribution is -2.35. The van der Waals surface area contributed by atoms with Crippen LogP contribution in [0.1, 0.15) is 88.6 Å². The van der Waals surface area contributed by atoms with Gasteiger partial charge in [0.15, 0.2) is 0 Å². The molecule has 0 aliphatic carbocycles. The summed E-state index contributed by atoms with van der Waals surface area (Å²) in [6, 6.07) is 6.21. The zero-order chi connectivity index (χ0) is 18.3. The van der Waals surface area contributed by atoms with E-state index in [4.69, 9.17) is 0 Å². The lowest BCUT2D eigenvalue weighted by atomic mass is 9.82. The lowest BCUT2D eigenvalue weighted by molar-refractivity contribution is 0.0724. The number of rotatable bonds is 4. The maximum absolute atomic E-state index is 12.5. The first-order chi connectivity index (χ1) is 12.1. The Kier molecular flexibility index (Phi) is 7.34. The van der Waals surface area contributed by atoms with Crippen molar-refractivity contribution in [1.82, 2.24) is 4.90 Å². The molecule has 0 bridgehead atoms. The van der Waals surface area contributed by atoms with Gasteiger partial charge >= 0.3 is 0 Å². The molecule has 1 aromatic carbocycles. The average molecular weight is 345 g/mol. The molecule has 3 heteroatoms. The van der Waals surface area contributed by atoms with Crippen LogP contribution in [-0.2, 0) is 5.41 Å². The second-order valence-corrected chi connectivity index (χ2v) is 7.73. The van der Waals surface area contributed by atoms with Crippen LogP contribution in [-0.4, -0.2) is 30.4 Å². The van der Waals surface area contributed by atoms with E-state index in [-0.39, 0.29) is 11.3 Å². The maximum Gasteiger partial charge on any atom is 0.253 e. The van der Waals surface area contributed by atoms with Crippen molar-refractivity contribution in [3.8, 4) is 0 Å². The third-order valence-corrected chi connectivity index (χ3v) is 5.72. The number of hydrogen-bond acceptors (Lipinski definition) is 2. The largest absolute Gasteiger partial charge is 0.384 e. The summed E-state index contributed by atoms with van der Waals surface area (Å²) in [5.74, 6) is 0.194. The summed E-state index contributed by atoms with van der Waals surface area (Å²) in [6.45, 7) is 11.7. The molecule has 1 aromatic rings. The van der Waals surface area contributed by atoms with Gasteiger partial charge in [-0.1, -0.05) is 53.0 Å². The molecule has 0 spiro atoms. The van der Waals surface area contributed by atoms with E-state index in [1.54, 1.807) is 0 Å². The molecule has 25 heavy (non-hydrogen) atoms. The zero-order valence-electron chi connectivity index (χ0n) is 16.7. The molecule has 1 atom stereocenters. The van der Waals surface area contributed by atoms with E-state index in [0.29, 0.717) is 0 Å². The molecule has 1 amide bonds. The van der Waals surface area contributed by atoms with Crippen molar-refractivity contribution in [2.24, 2.45) is 0 Å². The highest BCUT2D eigenvalue weighted by Crippen LogP contribution is 2.39. The molecule has 140 valence electrons. The van der Waals surface area contributed by atoms with Gasteiger partial charge in [0.2, 0.25) is 0 Å². The molecule has 1 unspecified atom stereocenters. The van der Waals surface area contributed by atoms with Crippen LogP contribution in [0, 0.1) is 0 Å². The van der Waals surface area contributed by atoms with Gasteiger partial charge in [-0.25, -0.2) is 0 Å². The van der Waals surface area contributed by atoms with Crippen LogP contribution in [0.2, 0.25) is 0 Å². The van der Waals surface area contributed by atoms with E-state index >= 15 is 0 Å². The minimum absolute atomic E-state index is 0.194. The first-order valence-electron chi connectivity index (χ1n) is 10.2. The fourth-order valence-electron chi connectivity index (χ4n) is 3.68. The monoisotopic (exact) mass is 344 g/mol. The fraction of sp³-hybridized carbons (Fsp3) is 0.682. The van der Waals surface area contributed by atoms with Gasteiger partial charge in [-0.2, -0.15) is 0 Å². The van der Waals surface area contributed by atoms with Crippen molar-refractivity contribution in [1.29, 1.82) is 0 Å². The van der Waals surface area contributed by atoms with Crippen LogP contribution >= 0.6 is 0 Å². The quantitative estimate of drug-likeness (QED) is 0.771. The third kappa shape index (κ3) is 4.77. The standard InChI is InChI=1S/C17H24N2O.C5H12/c1-3-17(2)12-18-15-11-13(7-8-14(15)17)16(20)19-9-5-4-6-10-19;1-3-5-4-2/h7-8,11,18H,3-6,9-10,12H2,1-2H3;3-5H2,1-2H3. The number of benzene rings is 1. The molecule has 0 aromatic heterocycles. The van der Waals surface area contributed by atoms with Crippen molar-refractivity contribution in [2.45, 2.75) is 78.1 Å². The number of fused-ring (bicyclic) bond motifs is 1. The SMILES string of the molecule is CCC1(C)CNc2cc(C(=O)N3CCCCC3)ccc21.CCCCC. The fourth-order valence-corrected chi connectivity index (χ4v) is 3.68. The van der Waals surface area contributed by atoms with Crippen molar-refractivity contribution in [3.05, 3.63) is 29.3 Å². The summed E-state index contributed by atoms with van der Waals surface area (Å²) in [5, 5.41) is 3.47. The number of nitrogens with zero attached hydrogens (tertiary/aromatic N) is 1. The van der Waals surface area contributed by atoms with Gasteiger partial charge in [-0.15, -0.1) is 0 Å². The Morgan fingerprint density at radius 3 is 2.36 bits per heavy atom. The molecule has 3 rings (SSSR count). The van der Waals surface area contributed by atoms with Crippen LogP contribution in [0.3, 0.4) is 0 Å². The van der Waals surface area contributed by atoms with Gasteiger partial charge in [0.1, 0.15) is 0 Å². The first-order valence-corrected chi connectivity index (χ1v) is 10.2. The molecule has 1 saturated heterocycles. The molecule has 0 saturated carbocycles. The van der Waals surface area contributed by atoms with Crippen LogP contribution in [0.15, 0.2) is 18.2 Å². The topological polar surface area (TPSA) is 32.3 Å². The molecular formula is C22H36N2O. The molecule has 2 aliphatic rings. The van der Waals surface area contributed by atoms with Crippen molar-refractivity contribution in [3.63, 3.8) is 0 Å². The van der Waals surface area contributed by atoms with Crippen LogP contribution < -0.4 is 5.32 Å². The minimum atomic E-state index is 0.194. The second kappa shape index (κ2) is 9.26. The summed E-state index contributed by atoms with van der Waals surface area (Å²) in [5.41, 5.74) is 3.55. The predicted molar refractivity (Wildman–Crippen MR) is 108 cm³/mol. The second-order valence-electron chi connectivity index (χ2n) is 7.73. The average Bonchev–Trinajstić information content (AvgIpc) is 3.00. The number of anilines is 1. The molecule has 0 radical (unpaired) electrons. The Balaban J connectivity index is 0.000000399. The highest BCUT2D eigenvalue weighted by Gasteiger charge is 2.33. The highest BCUT2D eigenvalue weighted by atomic mass is 16.2. The molecule has 3 nitrogen and oxygen atoms in total. The van der Waals surface area contributed by atoms with Crippen LogP contribution in [0.4, 0.5) is 5.69 Å². The molecule has 1 fully saturated rings. The van der Waals surface area contributed by atoms with Crippen LogP contribution in [0.25, 0.3) is 0 Å². The number of unbranched alkanes of at least 4 members (excludes halogenated alkanes) is 2. The van der Waals surface area contributed by atoms with E-state index < -0.39 is 0 Å². The van der Waals surface area contributed by atoms with Gasteiger partial charge in [-0.3, -0.25) is 4.79 Å². The van der Waals surface area contributed by atoms with Gasteiger partial charge in [0.05, 0.1) is 0 Å². The molecular weight excluding hydrogens is 308 g/mol. The lowest BCUT2D eigenvalue weighted by Gasteiger charge is -2.27. The van der Waals surface area contributed by atoms with Gasteiger partial charge in [-0.05, 0) is 43.4 Å². The zero-order valence-corrected chi connectivity index (χ0v) is 16.7. The number of likely N-dealkylation sites (tertiary alicyclic amines) is 1. The number of carbonyl (C=O) groups is 1. The van der Waals surface area contributed by atoms with Crippen molar-refractivity contribution < 1.29 is 4.79 Å². The smallest absolute Gasteiger partial charge is 0.253 e.